The molecule has 0 saturated carbocycles. The first kappa shape index (κ1) is 12.0. The number of aromatic nitrogens is 2. The molecule has 1 rings (SSSR count). The number of nitrogens with zero attached hydrogens (tertiary/aromatic N) is 2. The molecule has 5 nitrogen and oxygen atoms in total. The standard InChI is InChI=1S/C10H17N3O2/c1-14-7-8-15-6-5-11-9-10-3-2-4-12-13-10/h2-4,11H,5-9H2,1H3. The highest BCUT2D eigenvalue weighted by Crippen LogP contribution is 1.88. The van der Waals surface area contributed by atoms with Crippen molar-refractivity contribution in [3.8, 4) is 0 Å². The third-order valence-corrected chi connectivity index (χ3v) is 1.79. The Hall–Kier alpha value is -1.04. The minimum absolute atomic E-state index is 0.642. The van der Waals surface area contributed by atoms with Gasteiger partial charge in [0.15, 0.2) is 0 Å². The van der Waals surface area contributed by atoms with E-state index in [0.29, 0.717) is 19.8 Å². The number of hydrogen-bond donors (Lipinski definition) is 1. The molecule has 0 unspecified atom stereocenters. The number of methoxy groups -OCH3 is 1. The molecule has 0 amide bonds. The van der Waals surface area contributed by atoms with Crippen LogP contribution in [-0.2, 0) is 16.0 Å². The molecule has 0 bridgehead atoms. The molecule has 0 aliphatic heterocycles. The number of rotatable bonds is 8. The van der Waals surface area contributed by atoms with E-state index < -0.39 is 0 Å². The molecule has 0 aliphatic carbocycles. The summed E-state index contributed by atoms with van der Waals surface area (Å²) < 4.78 is 10.1. The van der Waals surface area contributed by atoms with Gasteiger partial charge in [0.1, 0.15) is 0 Å². The van der Waals surface area contributed by atoms with E-state index in [1.807, 2.05) is 12.1 Å². The van der Waals surface area contributed by atoms with Crippen LogP contribution in [0.3, 0.4) is 0 Å². The Kier molecular flexibility index (Phi) is 6.64. The third kappa shape index (κ3) is 6.11. The molecular formula is C10H17N3O2. The van der Waals surface area contributed by atoms with E-state index in [2.05, 4.69) is 15.5 Å². The van der Waals surface area contributed by atoms with Crippen molar-refractivity contribution in [3.63, 3.8) is 0 Å². The quantitative estimate of drug-likeness (QED) is 0.624. The fourth-order valence-corrected chi connectivity index (χ4v) is 1.03. The van der Waals surface area contributed by atoms with Gasteiger partial charge in [-0.1, -0.05) is 0 Å². The van der Waals surface area contributed by atoms with Gasteiger partial charge in [-0.2, -0.15) is 10.2 Å². The summed E-state index contributed by atoms with van der Waals surface area (Å²) in [6.45, 7) is 3.50. The van der Waals surface area contributed by atoms with E-state index in [1.165, 1.54) is 0 Å². The van der Waals surface area contributed by atoms with Gasteiger partial charge in [0.2, 0.25) is 0 Å². The van der Waals surface area contributed by atoms with Crippen LogP contribution in [0, 0.1) is 0 Å². The normalized spacial score (nSPS) is 10.5. The van der Waals surface area contributed by atoms with Crippen molar-refractivity contribution >= 4 is 0 Å². The zero-order valence-corrected chi connectivity index (χ0v) is 8.98. The van der Waals surface area contributed by atoms with Gasteiger partial charge in [0.05, 0.1) is 25.5 Å². The molecule has 0 atom stereocenters. The SMILES string of the molecule is COCCOCCNCc1cccnn1. The van der Waals surface area contributed by atoms with E-state index in [9.17, 15) is 0 Å². The summed E-state index contributed by atoms with van der Waals surface area (Å²) in [4.78, 5) is 0. The van der Waals surface area contributed by atoms with Crippen LogP contribution in [0.1, 0.15) is 5.69 Å². The molecule has 1 aromatic rings. The van der Waals surface area contributed by atoms with Crippen LogP contribution in [0.2, 0.25) is 0 Å². The second kappa shape index (κ2) is 8.28. The Labute approximate surface area is 89.8 Å². The number of ether oxygens (including phenoxy) is 2. The van der Waals surface area contributed by atoms with Gasteiger partial charge in [-0.05, 0) is 12.1 Å². The van der Waals surface area contributed by atoms with Crippen LogP contribution < -0.4 is 5.32 Å². The maximum atomic E-state index is 5.29. The Balaban J connectivity index is 1.93. The van der Waals surface area contributed by atoms with Gasteiger partial charge in [-0.25, -0.2) is 0 Å². The van der Waals surface area contributed by atoms with E-state index in [-0.39, 0.29) is 0 Å². The van der Waals surface area contributed by atoms with Gasteiger partial charge in [0, 0.05) is 26.4 Å². The summed E-state index contributed by atoms with van der Waals surface area (Å²) in [6, 6.07) is 3.81. The van der Waals surface area contributed by atoms with Crippen molar-refractivity contribution in [2.75, 3.05) is 33.5 Å². The van der Waals surface area contributed by atoms with Crippen molar-refractivity contribution in [1.82, 2.24) is 15.5 Å². The largest absolute Gasteiger partial charge is 0.382 e. The Bertz CT molecular complexity index is 244. The third-order valence-electron chi connectivity index (χ3n) is 1.79. The van der Waals surface area contributed by atoms with Gasteiger partial charge >= 0.3 is 0 Å². The predicted octanol–water partition coefficient (Wildman–Crippen LogP) is 0.229. The van der Waals surface area contributed by atoms with Gasteiger partial charge in [-0.15, -0.1) is 0 Å². The van der Waals surface area contributed by atoms with E-state index >= 15 is 0 Å². The van der Waals surface area contributed by atoms with Crippen LogP contribution >= 0.6 is 0 Å². The lowest BCUT2D eigenvalue weighted by molar-refractivity contribution is 0.0719. The van der Waals surface area contributed by atoms with Gasteiger partial charge < -0.3 is 14.8 Å². The van der Waals surface area contributed by atoms with Crippen molar-refractivity contribution in [2.45, 2.75) is 6.54 Å². The molecule has 5 heteroatoms. The maximum absolute atomic E-state index is 5.29. The lowest BCUT2D eigenvalue weighted by atomic mass is 10.4. The maximum Gasteiger partial charge on any atom is 0.0768 e. The number of nitrogens with one attached hydrogen (secondary N) is 1. The molecule has 1 heterocycles. The van der Waals surface area contributed by atoms with Gasteiger partial charge in [0.25, 0.3) is 0 Å². The van der Waals surface area contributed by atoms with Crippen LogP contribution in [0.25, 0.3) is 0 Å². The van der Waals surface area contributed by atoms with Crippen molar-refractivity contribution in [2.24, 2.45) is 0 Å². The highest BCUT2D eigenvalue weighted by atomic mass is 16.5. The monoisotopic (exact) mass is 211 g/mol. The van der Waals surface area contributed by atoms with Crippen LogP contribution in [0.15, 0.2) is 18.3 Å². The first-order chi connectivity index (χ1) is 7.43. The summed E-state index contributed by atoms with van der Waals surface area (Å²) in [5.74, 6) is 0. The molecule has 0 radical (unpaired) electrons. The summed E-state index contributed by atoms with van der Waals surface area (Å²) in [5, 5.41) is 10.9. The van der Waals surface area contributed by atoms with Crippen LogP contribution in [0.5, 0.6) is 0 Å². The van der Waals surface area contributed by atoms with E-state index in [4.69, 9.17) is 9.47 Å². The average molecular weight is 211 g/mol. The van der Waals surface area contributed by atoms with Crippen LogP contribution in [0.4, 0.5) is 0 Å². The Morgan fingerprint density at radius 2 is 2.27 bits per heavy atom. The lowest BCUT2D eigenvalue weighted by Gasteiger charge is -2.04. The van der Waals surface area contributed by atoms with Crippen molar-refractivity contribution < 1.29 is 9.47 Å². The van der Waals surface area contributed by atoms with Crippen molar-refractivity contribution in [1.29, 1.82) is 0 Å². The van der Waals surface area contributed by atoms with E-state index in [1.54, 1.807) is 13.3 Å². The van der Waals surface area contributed by atoms with Gasteiger partial charge in [-0.3, -0.25) is 0 Å². The fourth-order valence-electron chi connectivity index (χ4n) is 1.03. The summed E-state index contributed by atoms with van der Waals surface area (Å²) >= 11 is 0. The molecule has 0 aliphatic rings. The molecule has 0 fully saturated rings. The number of hydrogen-bond acceptors (Lipinski definition) is 5. The first-order valence-corrected chi connectivity index (χ1v) is 4.97. The molecular weight excluding hydrogens is 194 g/mol. The zero-order valence-electron chi connectivity index (χ0n) is 8.98. The summed E-state index contributed by atoms with van der Waals surface area (Å²) in [6.07, 6.45) is 1.66. The zero-order chi connectivity index (χ0) is 10.8. The Morgan fingerprint density at radius 1 is 1.33 bits per heavy atom. The van der Waals surface area contributed by atoms with Crippen molar-refractivity contribution in [3.05, 3.63) is 24.0 Å². The van der Waals surface area contributed by atoms with Crippen LogP contribution in [-0.4, -0.2) is 43.7 Å². The lowest BCUT2D eigenvalue weighted by Crippen LogP contribution is -2.20. The molecule has 0 spiro atoms. The first-order valence-electron chi connectivity index (χ1n) is 4.97. The molecule has 0 saturated heterocycles. The topological polar surface area (TPSA) is 56.3 Å². The minimum Gasteiger partial charge on any atom is -0.382 e. The summed E-state index contributed by atoms with van der Waals surface area (Å²) in [5.41, 5.74) is 0.939. The Morgan fingerprint density at radius 3 is 3.00 bits per heavy atom. The fraction of sp³-hybridized carbons (Fsp3) is 0.600. The smallest absolute Gasteiger partial charge is 0.0768 e. The molecule has 1 aromatic heterocycles. The molecule has 0 aromatic carbocycles. The molecule has 15 heavy (non-hydrogen) atoms. The molecule has 84 valence electrons. The highest BCUT2D eigenvalue weighted by Gasteiger charge is 1.92. The second-order valence-corrected chi connectivity index (χ2v) is 3.00. The summed E-state index contributed by atoms with van der Waals surface area (Å²) in [7, 11) is 1.66. The molecule has 1 N–H and O–H groups in total. The highest BCUT2D eigenvalue weighted by molar-refractivity contribution is 4.98. The second-order valence-electron chi connectivity index (χ2n) is 3.00. The minimum atomic E-state index is 0.642. The van der Waals surface area contributed by atoms with E-state index in [0.717, 1.165) is 18.8 Å². The predicted molar refractivity (Wildman–Crippen MR) is 56.4 cm³/mol. The average Bonchev–Trinajstić information content (AvgIpc) is 2.29.